The Morgan fingerprint density at radius 3 is 2.03 bits per heavy atom. The minimum absolute atomic E-state index is 0.0221. The van der Waals surface area contributed by atoms with Crippen LogP contribution in [0.1, 0.15) is 44.9 Å². The number of amides is 1. The molecule has 3 rings (SSSR count). The summed E-state index contributed by atoms with van der Waals surface area (Å²) in [6.45, 7) is 8.10. The lowest BCUT2D eigenvalue weighted by Crippen LogP contribution is -2.40. The van der Waals surface area contributed by atoms with Gasteiger partial charge in [-0.05, 0) is 48.4 Å². The molecular weight excluding hydrogens is 458 g/mol. The smallest absolute Gasteiger partial charge is 0.261 e. The average Bonchev–Trinajstić information content (AvgIpc) is 2.82. The highest BCUT2D eigenvalue weighted by Gasteiger charge is 2.31. The Labute approximate surface area is 209 Å². The number of rotatable bonds is 8. The fourth-order valence-corrected chi connectivity index (χ4v) is 5.01. The Hall–Kier alpha value is -3.32. The number of benzene rings is 3. The van der Waals surface area contributed by atoms with Crippen LogP contribution < -0.4 is 9.62 Å². The molecule has 0 aromatic heterocycles. The van der Waals surface area contributed by atoms with E-state index in [0.29, 0.717) is 12.2 Å². The highest BCUT2D eigenvalue weighted by atomic mass is 32.2. The predicted octanol–water partition coefficient (Wildman–Crippen LogP) is 5.69. The summed E-state index contributed by atoms with van der Waals surface area (Å²) in [5, 5.41) is 0. The van der Waals surface area contributed by atoms with Crippen molar-refractivity contribution in [3.05, 3.63) is 90.0 Å². The second-order valence-electron chi connectivity index (χ2n) is 9.93. The zero-order chi connectivity index (χ0) is 25.8. The number of carbonyl (C=O) groups excluding carboxylic acids is 1. The third kappa shape index (κ3) is 6.42. The van der Waals surface area contributed by atoms with E-state index in [1.54, 1.807) is 36.4 Å². The molecule has 0 saturated heterocycles. The van der Waals surface area contributed by atoms with E-state index in [1.165, 1.54) is 0 Å². The molecule has 6 nitrogen and oxygen atoms in total. The zero-order valence-electron chi connectivity index (χ0n) is 21.3. The molecule has 1 amide bonds. The first-order valence-electron chi connectivity index (χ1n) is 11.6. The summed E-state index contributed by atoms with van der Waals surface area (Å²) in [7, 11) is 0.133. The molecule has 0 saturated carbocycles. The molecule has 0 radical (unpaired) electrons. The monoisotopic (exact) mass is 493 g/mol. The minimum atomic E-state index is -3.73. The van der Waals surface area contributed by atoms with Crippen LogP contribution in [0.25, 0.3) is 0 Å². The summed E-state index contributed by atoms with van der Waals surface area (Å²) >= 11 is 0. The molecule has 3 aromatic rings. The molecule has 186 valence electrons. The van der Waals surface area contributed by atoms with Crippen LogP contribution in [0.2, 0.25) is 0 Å². The number of hydrogen-bond acceptors (Lipinski definition) is 4. The first kappa shape index (κ1) is 26.3. The van der Waals surface area contributed by atoms with Gasteiger partial charge in [-0.1, -0.05) is 69.3 Å². The molecule has 0 unspecified atom stereocenters. The molecule has 0 heterocycles. The predicted molar refractivity (Wildman–Crippen MR) is 143 cm³/mol. The first-order chi connectivity index (χ1) is 16.4. The largest absolute Gasteiger partial charge is 0.377 e. The molecule has 7 heteroatoms. The number of hydrogen-bond donors (Lipinski definition) is 1. The molecule has 0 aliphatic carbocycles. The van der Waals surface area contributed by atoms with E-state index in [0.717, 1.165) is 16.8 Å². The Morgan fingerprint density at radius 2 is 1.49 bits per heavy atom. The van der Waals surface area contributed by atoms with Gasteiger partial charge in [0.1, 0.15) is 0 Å². The Morgan fingerprint density at radius 1 is 0.914 bits per heavy atom. The Balaban J connectivity index is 2.02. The normalized spacial score (nSPS) is 12.6. The highest BCUT2D eigenvalue weighted by molar-refractivity contribution is 7.92. The van der Waals surface area contributed by atoms with Crippen LogP contribution in [-0.4, -0.2) is 33.3 Å². The van der Waals surface area contributed by atoms with Gasteiger partial charge in [0.05, 0.1) is 10.9 Å². The van der Waals surface area contributed by atoms with Crippen molar-refractivity contribution in [2.45, 2.75) is 45.2 Å². The summed E-state index contributed by atoms with van der Waals surface area (Å²) in [6.07, 6.45) is 0. The Bertz CT molecular complexity index is 1250. The molecule has 1 atom stereocenters. The van der Waals surface area contributed by atoms with Crippen molar-refractivity contribution >= 4 is 27.3 Å². The fourth-order valence-electron chi connectivity index (χ4n) is 3.94. The van der Waals surface area contributed by atoms with Gasteiger partial charge < -0.3 is 9.80 Å². The first-order valence-corrected chi connectivity index (χ1v) is 13.1. The highest BCUT2D eigenvalue weighted by Crippen LogP contribution is 2.32. The maximum absolute atomic E-state index is 13.6. The van der Waals surface area contributed by atoms with E-state index in [4.69, 9.17) is 0 Å². The molecule has 0 fully saturated rings. The summed E-state index contributed by atoms with van der Waals surface area (Å²) in [6, 6.07) is 23.5. The van der Waals surface area contributed by atoms with Gasteiger partial charge in [0.15, 0.2) is 0 Å². The van der Waals surface area contributed by atoms with E-state index in [2.05, 4.69) is 4.72 Å². The molecule has 0 aliphatic rings. The van der Waals surface area contributed by atoms with E-state index < -0.39 is 15.4 Å². The van der Waals surface area contributed by atoms with Crippen LogP contribution in [0.15, 0.2) is 83.8 Å². The Kier molecular flexibility index (Phi) is 7.90. The van der Waals surface area contributed by atoms with Crippen molar-refractivity contribution in [2.75, 3.05) is 23.7 Å². The van der Waals surface area contributed by atoms with Gasteiger partial charge in [0.25, 0.3) is 10.0 Å². The molecule has 1 N–H and O–H groups in total. The van der Waals surface area contributed by atoms with Gasteiger partial charge in [-0.15, -0.1) is 0 Å². The summed E-state index contributed by atoms with van der Waals surface area (Å²) in [4.78, 5) is 17.6. The number of nitrogens with one attached hydrogen (secondary N) is 1. The van der Waals surface area contributed by atoms with Crippen LogP contribution in [0.3, 0.4) is 0 Å². The van der Waals surface area contributed by atoms with Crippen molar-refractivity contribution < 1.29 is 13.2 Å². The standard InChI is InChI=1S/C28H35N3O3S/c1-21(22-13-9-7-10-14-22)31(27(32)28(2,3)4)20-23-19-24(17-18-26(23)30(5)6)29-35(33,34)25-15-11-8-12-16-25/h7-19,21,29H,20H2,1-6H3/t21-/m0/s1. The van der Waals surface area contributed by atoms with Crippen LogP contribution in [0.5, 0.6) is 0 Å². The van der Waals surface area contributed by atoms with Gasteiger partial charge in [-0.3, -0.25) is 9.52 Å². The van der Waals surface area contributed by atoms with E-state index in [-0.39, 0.29) is 16.8 Å². The summed E-state index contributed by atoms with van der Waals surface area (Å²) < 4.78 is 28.5. The second-order valence-corrected chi connectivity index (χ2v) is 11.6. The topological polar surface area (TPSA) is 69.7 Å². The fraction of sp³-hybridized carbons (Fsp3) is 0.321. The van der Waals surface area contributed by atoms with Crippen LogP contribution in [0, 0.1) is 5.41 Å². The van der Waals surface area contributed by atoms with Crippen LogP contribution in [-0.2, 0) is 21.4 Å². The summed E-state index contributed by atoms with van der Waals surface area (Å²) in [5.74, 6) is 0.0221. The third-order valence-corrected chi connectivity index (χ3v) is 7.26. The van der Waals surface area contributed by atoms with Crippen molar-refractivity contribution in [3.63, 3.8) is 0 Å². The van der Waals surface area contributed by atoms with E-state index in [1.807, 2.05) is 94.1 Å². The molecular formula is C28H35N3O3S. The van der Waals surface area contributed by atoms with E-state index in [9.17, 15) is 13.2 Å². The average molecular weight is 494 g/mol. The number of anilines is 2. The zero-order valence-corrected chi connectivity index (χ0v) is 22.1. The second kappa shape index (κ2) is 10.5. The lowest BCUT2D eigenvalue weighted by atomic mass is 9.92. The van der Waals surface area contributed by atoms with Gasteiger partial charge in [0, 0.05) is 37.4 Å². The summed E-state index contributed by atoms with van der Waals surface area (Å²) in [5.41, 5.74) is 2.68. The number of nitrogens with zero attached hydrogens (tertiary/aromatic N) is 2. The molecule has 0 aliphatic heterocycles. The SMILES string of the molecule is C[C@@H](c1ccccc1)N(Cc1cc(NS(=O)(=O)c2ccccc2)ccc1N(C)C)C(=O)C(C)(C)C. The molecule has 3 aromatic carbocycles. The van der Waals surface area contributed by atoms with Gasteiger partial charge in [0.2, 0.25) is 5.91 Å². The van der Waals surface area contributed by atoms with Gasteiger partial charge >= 0.3 is 0 Å². The quantitative estimate of drug-likeness (QED) is 0.438. The lowest BCUT2D eigenvalue weighted by molar-refractivity contribution is -0.142. The maximum Gasteiger partial charge on any atom is 0.261 e. The van der Waals surface area contributed by atoms with Crippen molar-refractivity contribution in [1.29, 1.82) is 0 Å². The molecule has 0 bridgehead atoms. The molecule has 0 spiro atoms. The maximum atomic E-state index is 13.6. The van der Waals surface area contributed by atoms with Crippen LogP contribution in [0.4, 0.5) is 11.4 Å². The molecule has 35 heavy (non-hydrogen) atoms. The van der Waals surface area contributed by atoms with Gasteiger partial charge in [-0.2, -0.15) is 0 Å². The third-order valence-electron chi connectivity index (χ3n) is 5.86. The van der Waals surface area contributed by atoms with E-state index >= 15 is 0 Å². The van der Waals surface area contributed by atoms with Crippen molar-refractivity contribution in [1.82, 2.24) is 4.90 Å². The van der Waals surface area contributed by atoms with Crippen molar-refractivity contribution in [2.24, 2.45) is 5.41 Å². The van der Waals surface area contributed by atoms with Crippen LogP contribution >= 0.6 is 0 Å². The van der Waals surface area contributed by atoms with Crippen molar-refractivity contribution in [3.8, 4) is 0 Å². The number of sulfonamides is 1. The lowest BCUT2D eigenvalue weighted by Gasteiger charge is -2.35. The van der Waals surface area contributed by atoms with Gasteiger partial charge in [-0.25, -0.2) is 8.42 Å². The number of carbonyl (C=O) groups is 1. The minimum Gasteiger partial charge on any atom is -0.377 e.